The lowest BCUT2D eigenvalue weighted by molar-refractivity contribution is -0.137. The molecule has 1 N–H and O–H groups in total. The van der Waals surface area contributed by atoms with Crippen molar-refractivity contribution in [1.82, 2.24) is 19.9 Å². The SMILES string of the molecule is Cc1ccc(NC(=O)CN2CCN(Cc3nc(-c4cccc(C(F)(F)F)c4)no3)CC2)cc1. The van der Waals surface area contributed by atoms with Gasteiger partial charge in [-0.3, -0.25) is 14.6 Å². The van der Waals surface area contributed by atoms with E-state index in [9.17, 15) is 18.0 Å². The monoisotopic (exact) mass is 459 g/mol. The van der Waals surface area contributed by atoms with E-state index in [1.165, 1.54) is 12.1 Å². The van der Waals surface area contributed by atoms with Gasteiger partial charge in [-0.2, -0.15) is 18.2 Å². The van der Waals surface area contributed by atoms with Crippen LogP contribution in [0.3, 0.4) is 0 Å². The molecule has 0 aliphatic carbocycles. The summed E-state index contributed by atoms with van der Waals surface area (Å²) in [6.45, 7) is 5.52. The fourth-order valence-corrected chi connectivity index (χ4v) is 3.61. The molecule has 0 spiro atoms. The molecule has 2 aromatic carbocycles. The van der Waals surface area contributed by atoms with Gasteiger partial charge in [-0.25, -0.2) is 0 Å². The smallest absolute Gasteiger partial charge is 0.338 e. The zero-order chi connectivity index (χ0) is 23.4. The number of anilines is 1. The molecule has 0 radical (unpaired) electrons. The quantitative estimate of drug-likeness (QED) is 0.604. The summed E-state index contributed by atoms with van der Waals surface area (Å²) < 4.78 is 44.0. The summed E-state index contributed by atoms with van der Waals surface area (Å²) in [5, 5.41) is 6.73. The van der Waals surface area contributed by atoms with E-state index in [2.05, 4.69) is 25.3 Å². The molecule has 3 aromatic rings. The van der Waals surface area contributed by atoms with Crippen LogP contribution in [-0.4, -0.2) is 58.6 Å². The van der Waals surface area contributed by atoms with Crippen LogP contribution >= 0.6 is 0 Å². The zero-order valence-electron chi connectivity index (χ0n) is 18.1. The topological polar surface area (TPSA) is 74.5 Å². The Hall–Kier alpha value is -3.24. The number of halogens is 3. The average molecular weight is 459 g/mol. The normalized spacial score (nSPS) is 15.5. The summed E-state index contributed by atoms with van der Waals surface area (Å²) in [6, 6.07) is 12.5. The molecule has 2 heterocycles. The number of amides is 1. The molecule has 174 valence electrons. The first kappa shape index (κ1) is 22.9. The van der Waals surface area contributed by atoms with Gasteiger partial charge < -0.3 is 9.84 Å². The van der Waals surface area contributed by atoms with Crippen LogP contribution < -0.4 is 5.32 Å². The lowest BCUT2D eigenvalue weighted by Crippen LogP contribution is -2.48. The summed E-state index contributed by atoms with van der Waals surface area (Å²) in [6.07, 6.45) is -4.43. The third-order valence-corrected chi connectivity index (χ3v) is 5.44. The van der Waals surface area contributed by atoms with Gasteiger partial charge >= 0.3 is 6.18 Å². The molecule has 0 unspecified atom stereocenters. The van der Waals surface area contributed by atoms with Gasteiger partial charge in [0.2, 0.25) is 17.6 Å². The second-order valence-corrected chi connectivity index (χ2v) is 8.06. The molecule has 1 aliphatic heterocycles. The first-order chi connectivity index (χ1) is 15.8. The van der Waals surface area contributed by atoms with Crippen LogP contribution in [0.25, 0.3) is 11.4 Å². The van der Waals surface area contributed by atoms with Gasteiger partial charge in [0.05, 0.1) is 18.7 Å². The molecule has 1 fully saturated rings. The highest BCUT2D eigenvalue weighted by Gasteiger charge is 2.31. The van der Waals surface area contributed by atoms with Crippen LogP contribution in [0.1, 0.15) is 17.0 Å². The van der Waals surface area contributed by atoms with Crippen molar-refractivity contribution in [2.45, 2.75) is 19.6 Å². The number of aromatic nitrogens is 2. The molecule has 0 atom stereocenters. The highest BCUT2D eigenvalue weighted by Crippen LogP contribution is 2.31. The van der Waals surface area contributed by atoms with Gasteiger partial charge in [0, 0.05) is 37.4 Å². The highest BCUT2D eigenvalue weighted by atomic mass is 19.4. The van der Waals surface area contributed by atoms with Gasteiger partial charge in [0.25, 0.3) is 0 Å². The van der Waals surface area contributed by atoms with Crippen LogP contribution in [-0.2, 0) is 17.5 Å². The molecular weight excluding hydrogens is 435 g/mol. The number of carbonyl (C=O) groups is 1. The maximum atomic E-state index is 12.9. The number of hydrogen-bond donors (Lipinski definition) is 1. The van der Waals surface area contributed by atoms with E-state index in [0.29, 0.717) is 45.2 Å². The van der Waals surface area contributed by atoms with E-state index in [0.717, 1.165) is 23.4 Å². The summed E-state index contributed by atoms with van der Waals surface area (Å²) in [4.78, 5) is 20.7. The van der Waals surface area contributed by atoms with E-state index in [-0.39, 0.29) is 17.3 Å². The minimum atomic E-state index is -4.43. The second kappa shape index (κ2) is 9.72. The maximum absolute atomic E-state index is 12.9. The minimum Gasteiger partial charge on any atom is -0.338 e. The van der Waals surface area contributed by atoms with Crippen molar-refractivity contribution in [2.24, 2.45) is 0 Å². The fourth-order valence-electron chi connectivity index (χ4n) is 3.61. The summed E-state index contributed by atoms with van der Waals surface area (Å²) in [7, 11) is 0. The van der Waals surface area contributed by atoms with E-state index in [1.54, 1.807) is 0 Å². The molecule has 1 saturated heterocycles. The molecule has 1 aromatic heterocycles. The molecule has 7 nitrogen and oxygen atoms in total. The molecule has 0 bridgehead atoms. The van der Waals surface area contributed by atoms with E-state index in [4.69, 9.17) is 4.52 Å². The maximum Gasteiger partial charge on any atom is 0.416 e. The van der Waals surface area contributed by atoms with Gasteiger partial charge in [0.1, 0.15) is 0 Å². The van der Waals surface area contributed by atoms with E-state index in [1.807, 2.05) is 31.2 Å². The van der Waals surface area contributed by atoms with Crippen molar-refractivity contribution in [3.8, 4) is 11.4 Å². The third kappa shape index (κ3) is 6.17. The Morgan fingerprint density at radius 1 is 1.06 bits per heavy atom. The van der Waals surface area contributed by atoms with Crippen LogP contribution in [0.5, 0.6) is 0 Å². The Kier molecular flexibility index (Phi) is 6.75. The first-order valence-corrected chi connectivity index (χ1v) is 10.6. The molecule has 33 heavy (non-hydrogen) atoms. The number of hydrogen-bond acceptors (Lipinski definition) is 6. The lowest BCUT2D eigenvalue weighted by atomic mass is 10.1. The van der Waals surface area contributed by atoms with Crippen molar-refractivity contribution in [3.63, 3.8) is 0 Å². The standard InChI is InChI=1S/C23H24F3N5O2/c1-16-5-7-19(8-6-16)27-20(32)14-30-9-11-31(12-10-30)15-21-28-22(29-33-21)17-3-2-4-18(13-17)23(24,25)26/h2-8,13H,9-12,14-15H2,1H3,(H,27,32). The molecule has 4 rings (SSSR count). The Balaban J connectivity index is 1.26. The number of aryl methyl sites for hydroxylation is 1. The molecule has 0 saturated carbocycles. The lowest BCUT2D eigenvalue weighted by Gasteiger charge is -2.33. The van der Waals surface area contributed by atoms with Crippen molar-refractivity contribution >= 4 is 11.6 Å². The van der Waals surface area contributed by atoms with Crippen LogP contribution in [0.15, 0.2) is 53.1 Å². The predicted molar refractivity (Wildman–Crippen MR) is 116 cm³/mol. The fraction of sp³-hybridized carbons (Fsp3) is 0.348. The van der Waals surface area contributed by atoms with Crippen molar-refractivity contribution in [3.05, 3.63) is 65.5 Å². The summed E-state index contributed by atoms with van der Waals surface area (Å²) in [5.74, 6) is 0.408. The Morgan fingerprint density at radius 2 is 1.76 bits per heavy atom. The van der Waals surface area contributed by atoms with Gasteiger partial charge in [-0.15, -0.1) is 0 Å². The molecular formula is C23H24F3N5O2. The number of rotatable bonds is 6. The van der Waals surface area contributed by atoms with Gasteiger partial charge in [0.15, 0.2) is 0 Å². The molecule has 1 aliphatic rings. The average Bonchev–Trinajstić information content (AvgIpc) is 3.25. The van der Waals surface area contributed by atoms with Crippen molar-refractivity contribution < 1.29 is 22.5 Å². The summed E-state index contributed by atoms with van der Waals surface area (Å²) >= 11 is 0. The summed E-state index contributed by atoms with van der Waals surface area (Å²) in [5.41, 5.74) is 1.41. The number of nitrogens with one attached hydrogen (secondary N) is 1. The number of carbonyl (C=O) groups excluding carboxylic acids is 1. The number of alkyl halides is 3. The number of nitrogens with zero attached hydrogens (tertiary/aromatic N) is 4. The number of benzene rings is 2. The predicted octanol–water partition coefficient (Wildman–Crippen LogP) is 3.82. The molecule has 1 amide bonds. The van der Waals surface area contributed by atoms with Crippen LogP contribution in [0, 0.1) is 6.92 Å². The Bertz CT molecular complexity index is 1090. The zero-order valence-corrected chi connectivity index (χ0v) is 18.1. The van der Waals surface area contributed by atoms with Crippen LogP contribution in [0.2, 0.25) is 0 Å². The minimum absolute atomic E-state index is 0.0602. The second-order valence-electron chi connectivity index (χ2n) is 8.06. The highest BCUT2D eigenvalue weighted by molar-refractivity contribution is 5.92. The third-order valence-electron chi connectivity index (χ3n) is 5.44. The van der Waals surface area contributed by atoms with E-state index >= 15 is 0 Å². The van der Waals surface area contributed by atoms with Crippen molar-refractivity contribution in [2.75, 3.05) is 38.0 Å². The van der Waals surface area contributed by atoms with E-state index < -0.39 is 11.7 Å². The van der Waals surface area contributed by atoms with Gasteiger partial charge in [-0.1, -0.05) is 35.0 Å². The Labute approximate surface area is 189 Å². The molecule has 10 heteroatoms. The van der Waals surface area contributed by atoms with Crippen LogP contribution in [0.4, 0.5) is 18.9 Å². The largest absolute Gasteiger partial charge is 0.416 e. The van der Waals surface area contributed by atoms with Crippen molar-refractivity contribution in [1.29, 1.82) is 0 Å². The Morgan fingerprint density at radius 3 is 2.45 bits per heavy atom. The first-order valence-electron chi connectivity index (χ1n) is 10.6. The number of piperazine rings is 1. The van der Waals surface area contributed by atoms with Gasteiger partial charge in [-0.05, 0) is 31.2 Å².